The molecule has 0 spiro atoms. The van der Waals surface area contributed by atoms with Crippen molar-refractivity contribution < 1.29 is 28.2 Å². The standard InChI is InChI=1S/C24H21NO6/c1-14(30-24(27)15-8-10-16(28-2)11-9-15)23(26)25-19-13-21-18(12-22(19)29-3)17-6-4-5-7-20(17)31-21/h4-14H,1-3H3,(H,25,26). The molecule has 7 nitrogen and oxygen atoms in total. The summed E-state index contributed by atoms with van der Waals surface area (Å²) in [6, 6.07) is 17.6. The smallest absolute Gasteiger partial charge is 0.338 e. The Morgan fingerprint density at radius 1 is 0.903 bits per heavy atom. The second-order valence-electron chi connectivity index (χ2n) is 6.91. The van der Waals surface area contributed by atoms with Crippen LogP contribution in [0.15, 0.2) is 65.1 Å². The number of ether oxygens (including phenoxy) is 3. The minimum absolute atomic E-state index is 0.321. The molecule has 7 heteroatoms. The summed E-state index contributed by atoms with van der Waals surface area (Å²) in [6.07, 6.45) is -1.02. The number of fused-ring (bicyclic) bond motifs is 3. The van der Waals surface area contributed by atoms with Gasteiger partial charge in [0, 0.05) is 16.8 Å². The lowest BCUT2D eigenvalue weighted by Crippen LogP contribution is -2.30. The maximum atomic E-state index is 12.7. The van der Waals surface area contributed by atoms with Crippen LogP contribution in [0.1, 0.15) is 17.3 Å². The van der Waals surface area contributed by atoms with Crippen LogP contribution in [0.3, 0.4) is 0 Å². The van der Waals surface area contributed by atoms with E-state index in [-0.39, 0.29) is 0 Å². The summed E-state index contributed by atoms with van der Waals surface area (Å²) in [6.45, 7) is 1.50. The summed E-state index contributed by atoms with van der Waals surface area (Å²) in [5.74, 6) is -0.00266. The predicted molar refractivity (Wildman–Crippen MR) is 117 cm³/mol. The van der Waals surface area contributed by atoms with Crippen LogP contribution in [0, 0.1) is 0 Å². The normalized spacial score (nSPS) is 11.8. The zero-order valence-electron chi connectivity index (χ0n) is 17.3. The van der Waals surface area contributed by atoms with Crippen molar-refractivity contribution in [1.82, 2.24) is 0 Å². The fourth-order valence-electron chi connectivity index (χ4n) is 3.26. The van der Waals surface area contributed by atoms with Gasteiger partial charge in [0.1, 0.15) is 22.7 Å². The second-order valence-corrected chi connectivity index (χ2v) is 6.91. The molecule has 0 fully saturated rings. The maximum Gasteiger partial charge on any atom is 0.338 e. The van der Waals surface area contributed by atoms with Gasteiger partial charge >= 0.3 is 5.97 Å². The van der Waals surface area contributed by atoms with E-state index in [0.717, 1.165) is 16.4 Å². The van der Waals surface area contributed by atoms with Crippen LogP contribution in [-0.4, -0.2) is 32.2 Å². The Labute approximate surface area is 178 Å². The number of anilines is 1. The molecule has 1 atom stereocenters. The molecule has 31 heavy (non-hydrogen) atoms. The predicted octanol–water partition coefficient (Wildman–Crippen LogP) is 4.79. The Bertz CT molecular complexity index is 1260. The Morgan fingerprint density at radius 3 is 2.35 bits per heavy atom. The monoisotopic (exact) mass is 419 g/mol. The number of esters is 1. The molecule has 0 saturated carbocycles. The van der Waals surface area contributed by atoms with E-state index in [0.29, 0.717) is 28.3 Å². The van der Waals surface area contributed by atoms with Crippen molar-refractivity contribution in [2.75, 3.05) is 19.5 Å². The van der Waals surface area contributed by atoms with E-state index in [1.165, 1.54) is 21.1 Å². The average molecular weight is 419 g/mol. The maximum absolute atomic E-state index is 12.7. The summed E-state index contributed by atoms with van der Waals surface area (Å²) in [4.78, 5) is 25.0. The molecule has 0 bridgehead atoms. The van der Waals surface area contributed by atoms with Gasteiger partial charge in [0.25, 0.3) is 5.91 Å². The number of hydrogen-bond donors (Lipinski definition) is 1. The lowest BCUT2D eigenvalue weighted by atomic mass is 10.1. The Kier molecular flexibility index (Phi) is 5.49. The molecule has 0 aliphatic carbocycles. The van der Waals surface area contributed by atoms with Crippen LogP contribution < -0.4 is 14.8 Å². The van der Waals surface area contributed by atoms with Crippen molar-refractivity contribution in [3.05, 3.63) is 66.2 Å². The lowest BCUT2D eigenvalue weighted by Gasteiger charge is -2.15. The number of methoxy groups -OCH3 is 2. The van der Waals surface area contributed by atoms with E-state index in [2.05, 4.69) is 5.32 Å². The van der Waals surface area contributed by atoms with Crippen LogP contribution in [0.4, 0.5) is 5.69 Å². The highest BCUT2D eigenvalue weighted by atomic mass is 16.5. The molecule has 4 aromatic rings. The molecule has 0 aliphatic heterocycles. The molecule has 3 aromatic carbocycles. The van der Waals surface area contributed by atoms with Gasteiger partial charge < -0.3 is 23.9 Å². The molecule has 1 heterocycles. The minimum atomic E-state index is -1.02. The van der Waals surface area contributed by atoms with Gasteiger partial charge in [0.05, 0.1) is 25.5 Å². The number of para-hydroxylation sites is 1. The number of rotatable bonds is 6. The summed E-state index contributed by atoms with van der Waals surface area (Å²) < 4.78 is 21.7. The highest BCUT2D eigenvalue weighted by Gasteiger charge is 2.21. The van der Waals surface area contributed by atoms with Crippen LogP contribution in [0.5, 0.6) is 11.5 Å². The van der Waals surface area contributed by atoms with Gasteiger partial charge in [-0.1, -0.05) is 18.2 Å². The number of carbonyl (C=O) groups is 2. The Balaban J connectivity index is 1.52. The first-order valence-corrected chi connectivity index (χ1v) is 9.65. The average Bonchev–Trinajstić information content (AvgIpc) is 3.15. The first-order valence-electron chi connectivity index (χ1n) is 9.65. The Hall–Kier alpha value is -4.00. The zero-order valence-corrected chi connectivity index (χ0v) is 17.3. The third-order valence-corrected chi connectivity index (χ3v) is 4.94. The molecule has 0 aliphatic rings. The largest absolute Gasteiger partial charge is 0.497 e. The molecule has 1 aromatic heterocycles. The highest BCUT2D eigenvalue weighted by Crippen LogP contribution is 2.36. The van der Waals surface area contributed by atoms with Crippen molar-refractivity contribution in [3.8, 4) is 11.5 Å². The topological polar surface area (TPSA) is 87.0 Å². The molecule has 1 amide bonds. The van der Waals surface area contributed by atoms with Crippen LogP contribution >= 0.6 is 0 Å². The molecule has 4 rings (SSSR count). The summed E-state index contributed by atoms with van der Waals surface area (Å²) >= 11 is 0. The van der Waals surface area contributed by atoms with Gasteiger partial charge in [-0.05, 0) is 43.3 Å². The molecular formula is C24H21NO6. The van der Waals surface area contributed by atoms with E-state index in [1.807, 2.05) is 30.3 Å². The van der Waals surface area contributed by atoms with Gasteiger partial charge in [-0.2, -0.15) is 0 Å². The van der Waals surface area contributed by atoms with Gasteiger partial charge in [-0.25, -0.2) is 4.79 Å². The number of benzene rings is 3. The first kappa shape index (κ1) is 20.3. The van der Waals surface area contributed by atoms with Crippen molar-refractivity contribution in [3.63, 3.8) is 0 Å². The molecule has 0 radical (unpaired) electrons. The zero-order chi connectivity index (χ0) is 22.0. The molecule has 1 N–H and O–H groups in total. The third-order valence-electron chi connectivity index (χ3n) is 4.94. The number of carbonyl (C=O) groups excluding carboxylic acids is 2. The number of nitrogens with one attached hydrogen (secondary N) is 1. The van der Waals surface area contributed by atoms with E-state index >= 15 is 0 Å². The van der Waals surface area contributed by atoms with E-state index < -0.39 is 18.0 Å². The van der Waals surface area contributed by atoms with Gasteiger partial charge in [-0.3, -0.25) is 4.79 Å². The Morgan fingerprint density at radius 2 is 1.65 bits per heavy atom. The second kappa shape index (κ2) is 8.39. The number of hydrogen-bond acceptors (Lipinski definition) is 6. The van der Waals surface area contributed by atoms with Crippen LogP contribution in [-0.2, 0) is 9.53 Å². The minimum Gasteiger partial charge on any atom is -0.497 e. The molecular weight excluding hydrogens is 398 g/mol. The molecule has 0 saturated heterocycles. The number of amides is 1. The lowest BCUT2D eigenvalue weighted by molar-refractivity contribution is -0.123. The van der Waals surface area contributed by atoms with Gasteiger partial charge in [0.2, 0.25) is 0 Å². The fraction of sp³-hybridized carbons (Fsp3) is 0.167. The van der Waals surface area contributed by atoms with Gasteiger partial charge in [-0.15, -0.1) is 0 Å². The summed E-state index contributed by atoms with van der Waals surface area (Å²) in [5.41, 5.74) is 2.10. The van der Waals surface area contributed by atoms with Crippen LogP contribution in [0.25, 0.3) is 21.9 Å². The fourth-order valence-corrected chi connectivity index (χ4v) is 3.26. The van der Waals surface area contributed by atoms with Gasteiger partial charge in [0.15, 0.2) is 6.10 Å². The quantitative estimate of drug-likeness (QED) is 0.452. The van der Waals surface area contributed by atoms with E-state index in [9.17, 15) is 9.59 Å². The highest BCUT2D eigenvalue weighted by molar-refractivity contribution is 6.08. The van der Waals surface area contributed by atoms with Crippen molar-refractivity contribution in [2.45, 2.75) is 13.0 Å². The van der Waals surface area contributed by atoms with Crippen LogP contribution in [0.2, 0.25) is 0 Å². The van der Waals surface area contributed by atoms with Crippen molar-refractivity contribution >= 4 is 39.5 Å². The molecule has 158 valence electrons. The van der Waals surface area contributed by atoms with E-state index in [1.54, 1.807) is 30.3 Å². The van der Waals surface area contributed by atoms with Crippen molar-refractivity contribution in [2.24, 2.45) is 0 Å². The van der Waals surface area contributed by atoms with E-state index in [4.69, 9.17) is 18.6 Å². The molecule has 1 unspecified atom stereocenters. The summed E-state index contributed by atoms with van der Waals surface area (Å²) in [7, 11) is 3.06. The van der Waals surface area contributed by atoms with Crippen molar-refractivity contribution in [1.29, 1.82) is 0 Å². The SMILES string of the molecule is COc1ccc(C(=O)OC(C)C(=O)Nc2cc3oc4ccccc4c3cc2OC)cc1. The third kappa shape index (κ3) is 4.02. The summed E-state index contributed by atoms with van der Waals surface area (Å²) in [5, 5.41) is 4.58. The number of furan rings is 1. The first-order chi connectivity index (χ1) is 15.0.